The lowest BCUT2D eigenvalue weighted by Gasteiger charge is -2.28. The fraction of sp³-hybridized carbons (Fsp3) is 0.261. The van der Waals surface area contributed by atoms with Crippen LogP contribution in [0, 0.1) is 13.8 Å². The first-order valence-corrected chi connectivity index (χ1v) is 10.6. The number of rotatable bonds is 6. The molecule has 0 saturated carbocycles. The highest BCUT2D eigenvalue weighted by molar-refractivity contribution is 9.10. The minimum absolute atomic E-state index is 0.156. The van der Waals surface area contributed by atoms with Gasteiger partial charge in [-0.2, -0.15) is 0 Å². The zero-order chi connectivity index (χ0) is 22.7. The summed E-state index contributed by atoms with van der Waals surface area (Å²) in [4.78, 5) is 39.1. The van der Waals surface area contributed by atoms with Gasteiger partial charge < -0.3 is 9.47 Å². The quantitative estimate of drug-likeness (QED) is 0.478. The summed E-state index contributed by atoms with van der Waals surface area (Å²) < 4.78 is 11.7. The van der Waals surface area contributed by atoms with Crippen LogP contribution in [0.4, 0.5) is 10.5 Å². The molecule has 0 aromatic heterocycles. The van der Waals surface area contributed by atoms with Crippen molar-refractivity contribution in [3.05, 3.63) is 57.1 Å². The Kier molecular flexibility index (Phi) is 6.80. The van der Waals surface area contributed by atoms with Crippen molar-refractivity contribution in [3.63, 3.8) is 0 Å². The summed E-state index contributed by atoms with van der Waals surface area (Å²) in [5, 5.41) is 2.25. The van der Waals surface area contributed by atoms with Gasteiger partial charge in [0.1, 0.15) is 5.57 Å². The predicted molar refractivity (Wildman–Crippen MR) is 121 cm³/mol. The Balaban J connectivity index is 2.04. The monoisotopic (exact) mass is 486 g/mol. The molecule has 1 heterocycles. The number of amides is 4. The highest BCUT2D eigenvalue weighted by atomic mass is 79.9. The normalized spacial score (nSPS) is 15.3. The smallest absolute Gasteiger partial charge is 0.335 e. The molecule has 1 saturated heterocycles. The summed E-state index contributed by atoms with van der Waals surface area (Å²) in [5.41, 5.74) is 2.53. The molecular formula is C23H23BrN2O5. The van der Waals surface area contributed by atoms with Gasteiger partial charge in [-0.05, 0) is 77.2 Å². The number of halogens is 1. The molecule has 1 N–H and O–H groups in total. The van der Waals surface area contributed by atoms with E-state index in [9.17, 15) is 14.4 Å². The third-order valence-corrected chi connectivity index (χ3v) is 5.52. The molecule has 2 aromatic rings. The number of hydrogen-bond donors (Lipinski definition) is 1. The molecule has 0 bridgehead atoms. The van der Waals surface area contributed by atoms with Crippen LogP contribution in [0.15, 0.2) is 40.4 Å². The Bertz CT molecular complexity index is 1090. The van der Waals surface area contributed by atoms with Crippen molar-refractivity contribution in [2.24, 2.45) is 0 Å². The van der Waals surface area contributed by atoms with Gasteiger partial charge in [-0.1, -0.05) is 19.1 Å². The molecule has 4 amide bonds. The van der Waals surface area contributed by atoms with Crippen molar-refractivity contribution in [3.8, 4) is 11.5 Å². The van der Waals surface area contributed by atoms with Crippen molar-refractivity contribution in [2.45, 2.75) is 27.2 Å². The molecule has 7 nitrogen and oxygen atoms in total. The second kappa shape index (κ2) is 9.34. The van der Waals surface area contributed by atoms with Gasteiger partial charge in [0.2, 0.25) is 0 Å². The van der Waals surface area contributed by atoms with Gasteiger partial charge >= 0.3 is 6.03 Å². The van der Waals surface area contributed by atoms with Crippen LogP contribution in [0.2, 0.25) is 0 Å². The van der Waals surface area contributed by atoms with Crippen LogP contribution in [0.25, 0.3) is 6.08 Å². The van der Waals surface area contributed by atoms with Gasteiger partial charge in [-0.25, -0.2) is 9.69 Å². The minimum Gasteiger partial charge on any atom is -0.493 e. The van der Waals surface area contributed by atoms with E-state index in [0.717, 1.165) is 22.4 Å². The fourth-order valence-electron chi connectivity index (χ4n) is 3.19. The van der Waals surface area contributed by atoms with Crippen LogP contribution in [0.1, 0.15) is 30.0 Å². The summed E-state index contributed by atoms with van der Waals surface area (Å²) in [6, 6.07) is 7.94. The number of carbonyl (C=O) groups is 3. The molecule has 0 radical (unpaired) electrons. The molecule has 2 aromatic carbocycles. The maximum Gasteiger partial charge on any atom is 0.335 e. The molecule has 1 fully saturated rings. The van der Waals surface area contributed by atoms with Gasteiger partial charge in [0.25, 0.3) is 11.8 Å². The number of hydrogen-bond acceptors (Lipinski definition) is 5. The third-order valence-electron chi connectivity index (χ3n) is 4.93. The van der Waals surface area contributed by atoms with E-state index in [-0.39, 0.29) is 5.57 Å². The third kappa shape index (κ3) is 4.49. The number of imide groups is 2. The molecule has 0 spiro atoms. The number of carbonyl (C=O) groups excluding carboxylic acids is 3. The Morgan fingerprint density at radius 1 is 1.16 bits per heavy atom. The Morgan fingerprint density at radius 3 is 2.58 bits per heavy atom. The van der Waals surface area contributed by atoms with Crippen LogP contribution >= 0.6 is 15.9 Å². The van der Waals surface area contributed by atoms with E-state index in [2.05, 4.69) is 21.2 Å². The fourth-order valence-corrected chi connectivity index (χ4v) is 3.76. The highest BCUT2D eigenvalue weighted by Gasteiger charge is 2.37. The number of nitrogens with one attached hydrogen (secondary N) is 1. The number of barbiturate groups is 1. The van der Waals surface area contributed by atoms with Gasteiger partial charge in [-0.3, -0.25) is 14.9 Å². The highest BCUT2D eigenvalue weighted by Crippen LogP contribution is 2.37. The van der Waals surface area contributed by atoms with Gasteiger partial charge in [0.05, 0.1) is 23.9 Å². The van der Waals surface area contributed by atoms with Crippen molar-refractivity contribution >= 4 is 45.5 Å². The van der Waals surface area contributed by atoms with Crippen LogP contribution in [0.5, 0.6) is 11.5 Å². The number of aryl methyl sites for hydroxylation is 1. The van der Waals surface area contributed by atoms with Crippen LogP contribution in [-0.2, 0) is 9.59 Å². The predicted octanol–water partition coefficient (Wildman–Crippen LogP) is 4.53. The Labute approximate surface area is 189 Å². The van der Waals surface area contributed by atoms with Crippen LogP contribution in [-0.4, -0.2) is 31.6 Å². The second-order valence-electron chi connectivity index (χ2n) is 7.06. The van der Waals surface area contributed by atoms with Gasteiger partial charge in [-0.15, -0.1) is 0 Å². The molecule has 1 aliphatic heterocycles. The average Bonchev–Trinajstić information content (AvgIpc) is 2.73. The van der Waals surface area contributed by atoms with E-state index >= 15 is 0 Å². The molecule has 3 rings (SSSR count). The minimum atomic E-state index is -0.775. The summed E-state index contributed by atoms with van der Waals surface area (Å²) in [7, 11) is 1.51. The average molecular weight is 487 g/mol. The van der Waals surface area contributed by atoms with Crippen molar-refractivity contribution in [1.82, 2.24) is 5.32 Å². The molecule has 162 valence electrons. The molecule has 31 heavy (non-hydrogen) atoms. The Morgan fingerprint density at radius 2 is 1.90 bits per heavy atom. The van der Waals surface area contributed by atoms with Crippen LogP contribution < -0.4 is 19.7 Å². The number of anilines is 1. The number of methoxy groups -OCH3 is 1. The lowest BCUT2D eigenvalue weighted by molar-refractivity contribution is -0.122. The first-order valence-electron chi connectivity index (χ1n) is 9.76. The van der Waals surface area contributed by atoms with Gasteiger partial charge in [0, 0.05) is 0 Å². The molecule has 1 aliphatic rings. The molecular weight excluding hydrogens is 464 g/mol. The van der Waals surface area contributed by atoms with Crippen LogP contribution in [0.3, 0.4) is 0 Å². The van der Waals surface area contributed by atoms with E-state index in [4.69, 9.17) is 9.47 Å². The summed E-state index contributed by atoms with van der Waals surface area (Å²) >= 11 is 3.46. The number of ether oxygens (including phenoxy) is 2. The first-order chi connectivity index (χ1) is 14.8. The van der Waals surface area contributed by atoms with Crippen molar-refractivity contribution < 1.29 is 23.9 Å². The molecule has 8 heteroatoms. The van der Waals surface area contributed by atoms with E-state index in [0.29, 0.717) is 33.8 Å². The van der Waals surface area contributed by atoms with E-state index in [1.54, 1.807) is 24.3 Å². The lowest BCUT2D eigenvalue weighted by atomic mass is 10.0. The van der Waals surface area contributed by atoms with E-state index in [1.165, 1.54) is 13.2 Å². The summed E-state index contributed by atoms with van der Waals surface area (Å²) in [6.45, 7) is 6.22. The Hall–Kier alpha value is -3.13. The van der Waals surface area contributed by atoms with Crippen molar-refractivity contribution in [1.29, 1.82) is 0 Å². The molecule has 0 unspecified atom stereocenters. The maximum absolute atomic E-state index is 13.2. The zero-order valence-corrected chi connectivity index (χ0v) is 19.3. The standard InChI is InChI=1S/C23H23BrN2O5/c1-5-9-31-20-17(24)11-15(12-19(20)30-4)10-16-21(27)25-23(29)26(22(16)28)18-8-6-7-13(2)14(18)3/h6-8,10-12H,5,9H2,1-4H3,(H,25,27,29)/b16-10+. The topological polar surface area (TPSA) is 84.9 Å². The maximum atomic E-state index is 13.2. The summed E-state index contributed by atoms with van der Waals surface area (Å²) in [5.74, 6) is -0.444. The number of nitrogens with zero attached hydrogens (tertiary/aromatic N) is 1. The van der Waals surface area contributed by atoms with E-state index in [1.807, 2.05) is 26.8 Å². The van der Waals surface area contributed by atoms with Gasteiger partial charge in [0.15, 0.2) is 11.5 Å². The SMILES string of the molecule is CCCOc1c(Br)cc(/C=C2\C(=O)NC(=O)N(c3cccc(C)c3C)C2=O)cc1OC. The zero-order valence-electron chi connectivity index (χ0n) is 17.7. The number of benzene rings is 2. The largest absolute Gasteiger partial charge is 0.493 e. The van der Waals surface area contributed by atoms with Crippen molar-refractivity contribution in [2.75, 3.05) is 18.6 Å². The lowest BCUT2D eigenvalue weighted by Crippen LogP contribution is -2.54. The summed E-state index contributed by atoms with van der Waals surface area (Å²) in [6.07, 6.45) is 2.26. The molecule has 0 aliphatic carbocycles. The number of urea groups is 1. The first kappa shape index (κ1) is 22.6. The van der Waals surface area contributed by atoms with E-state index < -0.39 is 17.8 Å². The molecule has 0 atom stereocenters. The second-order valence-corrected chi connectivity index (χ2v) is 7.91.